The van der Waals surface area contributed by atoms with Crippen LogP contribution in [0.1, 0.15) is 30.0 Å². The van der Waals surface area contributed by atoms with Crippen molar-refractivity contribution in [2.75, 3.05) is 19.1 Å². The van der Waals surface area contributed by atoms with Gasteiger partial charge in [-0.15, -0.1) is 0 Å². The molecular formula is C15H21NO3. The summed E-state index contributed by atoms with van der Waals surface area (Å²) in [6, 6.07) is 1.92. The lowest BCUT2D eigenvalue weighted by molar-refractivity contribution is -0.125. The summed E-state index contributed by atoms with van der Waals surface area (Å²) in [6.45, 7) is 7.28. The second kappa shape index (κ2) is 5.87. The molecule has 19 heavy (non-hydrogen) atoms. The van der Waals surface area contributed by atoms with Gasteiger partial charge in [0.25, 0.3) is 0 Å². The van der Waals surface area contributed by atoms with Crippen LogP contribution in [-0.2, 0) is 9.59 Å². The molecule has 1 aromatic rings. The van der Waals surface area contributed by atoms with Crippen molar-refractivity contribution in [3.8, 4) is 5.75 Å². The summed E-state index contributed by atoms with van der Waals surface area (Å²) >= 11 is 0. The Kier molecular flexibility index (Phi) is 4.70. The highest BCUT2D eigenvalue weighted by Gasteiger charge is 2.18. The van der Waals surface area contributed by atoms with E-state index >= 15 is 0 Å². The van der Waals surface area contributed by atoms with E-state index < -0.39 is 0 Å². The van der Waals surface area contributed by atoms with E-state index in [2.05, 4.69) is 0 Å². The van der Waals surface area contributed by atoms with Gasteiger partial charge in [0.15, 0.2) is 0 Å². The van der Waals surface area contributed by atoms with Gasteiger partial charge in [0.1, 0.15) is 11.5 Å². The van der Waals surface area contributed by atoms with Gasteiger partial charge in [0.05, 0.1) is 13.5 Å². The largest absolute Gasteiger partial charge is 0.496 e. The minimum atomic E-state index is -0.195. The molecule has 0 saturated carbocycles. The van der Waals surface area contributed by atoms with Crippen LogP contribution < -0.4 is 9.64 Å². The molecular weight excluding hydrogens is 242 g/mol. The van der Waals surface area contributed by atoms with E-state index in [-0.39, 0.29) is 18.1 Å². The van der Waals surface area contributed by atoms with Crippen LogP contribution in [0.3, 0.4) is 0 Å². The van der Waals surface area contributed by atoms with Gasteiger partial charge < -0.3 is 9.64 Å². The number of Topliss-reactive ketones (excluding diaryl/α,β-unsaturated/α-hetero) is 1. The van der Waals surface area contributed by atoms with E-state index in [1.807, 2.05) is 26.8 Å². The van der Waals surface area contributed by atoms with Crippen LogP contribution in [-0.4, -0.2) is 25.8 Å². The molecule has 0 spiro atoms. The van der Waals surface area contributed by atoms with Crippen molar-refractivity contribution >= 4 is 17.4 Å². The van der Waals surface area contributed by atoms with Crippen LogP contribution >= 0.6 is 0 Å². The summed E-state index contributed by atoms with van der Waals surface area (Å²) in [7, 11) is 3.33. The molecule has 4 heteroatoms. The average molecular weight is 263 g/mol. The molecule has 0 saturated heterocycles. The lowest BCUT2D eigenvalue weighted by Gasteiger charge is -2.23. The molecule has 0 unspecified atom stereocenters. The molecule has 1 amide bonds. The van der Waals surface area contributed by atoms with Gasteiger partial charge in [-0.3, -0.25) is 9.59 Å². The Labute approximate surface area is 114 Å². The van der Waals surface area contributed by atoms with Crippen LogP contribution in [0.25, 0.3) is 0 Å². The van der Waals surface area contributed by atoms with Crippen molar-refractivity contribution in [3.05, 3.63) is 22.8 Å². The Morgan fingerprint density at radius 3 is 2.26 bits per heavy atom. The van der Waals surface area contributed by atoms with Crippen molar-refractivity contribution in [2.45, 2.75) is 34.1 Å². The number of benzene rings is 1. The van der Waals surface area contributed by atoms with E-state index in [0.717, 1.165) is 28.1 Å². The molecule has 0 radical (unpaired) electrons. The van der Waals surface area contributed by atoms with Crippen molar-refractivity contribution in [2.24, 2.45) is 0 Å². The molecule has 0 aliphatic heterocycles. The third kappa shape index (κ3) is 3.13. The topological polar surface area (TPSA) is 46.6 Å². The quantitative estimate of drug-likeness (QED) is 0.784. The van der Waals surface area contributed by atoms with Crippen LogP contribution in [0.4, 0.5) is 5.69 Å². The van der Waals surface area contributed by atoms with E-state index in [1.165, 1.54) is 11.8 Å². The zero-order chi connectivity index (χ0) is 14.7. The Hall–Kier alpha value is -1.84. The molecule has 1 rings (SSSR count). The SMILES string of the molecule is COc1c(C)cc(N(C)C(=O)CC(C)=O)c(C)c1C. The summed E-state index contributed by atoms with van der Waals surface area (Å²) in [4.78, 5) is 24.5. The lowest BCUT2D eigenvalue weighted by atomic mass is 10.0. The second-order valence-electron chi connectivity index (χ2n) is 4.83. The van der Waals surface area contributed by atoms with E-state index in [1.54, 1.807) is 14.2 Å². The number of hydrogen-bond donors (Lipinski definition) is 0. The van der Waals surface area contributed by atoms with Crippen molar-refractivity contribution in [3.63, 3.8) is 0 Å². The fourth-order valence-electron chi connectivity index (χ4n) is 2.17. The van der Waals surface area contributed by atoms with E-state index in [4.69, 9.17) is 4.74 Å². The maximum Gasteiger partial charge on any atom is 0.234 e. The first-order valence-corrected chi connectivity index (χ1v) is 6.20. The monoisotopic (exact) mass is 263 g/mol. The number of carbonyl (C=O) groups excluding carboxylic acids is 2. The molecule has 1 aromatic carbocycles. The van der Waals surface area contributed by atoms with Gasteiger partial charge in [-0.1, -0.05) is 0 Å². The highest BCUT2D eigenvalue weighted by atomic mass is 16.5. The molecule has 0 N–H and O–H groups in total. The summed E-state index contributed by atoms with van der Waals surface area (Å²) in [5.41, 5.74) is 3.80. The molecule has 104 valence electrons. The number of amides is 1. The smallest absolute Gasteiger partial charge is 0.234 e. The molecule has 0 heterocycles. The number of carbonyl (C=O) groups is 2. The number of anilines is 1. The lowest BCUT2D eigenvalue weighted by Crippen LogP contribution is -2.28. The number of ketones is 1. The van der Waals surface area contributed by atoms with Crippen molar-refractivity contribution < 1.29 is 14.3 Å². The summed E-state index contributed by atoms with van der Waals surface area (Å²) in [5.74, 6) is 0.518. The second-order valence-corrected chi connectivity index (χ2v) is 4.83. The zero-order valence-corrected chi connectivity index (χ0v) is 12.5. The summed E-state index contributed by atoms with van der Waals surface area (Å²) in [6.07, 6.45) is -0.0694. The first kappa shape index (κ1) is 15.2. The van der Waals surface area contributed by atoms with E-state index in [9.17, 15) is 9.59 Å². The van der Waals surface area contributed by atoms with Crippen molar-refractivity contribution in [1.82, 2.24) is 0 Å². The highest BCUT2D eigenvalue weighted by molar-refractivity contribution is 6.05. The molecule has 4 nitrogen and oxygen atoms in total. The Bertz CT molecular complexity index is 521. The fourth-order valence-corrected chi connectivity index (χ4v) is 2.17. The third-order valence-electron chi connectivity index (χ3n) is 3.34. The maximum absolute atomic E-state index is 12.0. The van der Waals surface area contributed by atoms with Gasteiger partial charge >= 0.3 is 0 Å². The molecule has 0 fully saturated rings. The molecule has 0 aliphatic carbocycles. The normalized spacial score (nSPS) is 10.2. The first-order valence-electron chi connectivity index (χ1n) is 6.20. The predicted octanol–water partition coefficient (Wildman–Crippen LogP) is 2.56. The van der Waals surface area contributed by atoms with Gasteiger partial charge in [0, 0.05) is 12.7 Å². The number of hydrogen-bond acceptors (Lipinski definition) is 3. The van der Waals surface area contributed by atoms with E-state index in [0.29, 0.717) is 0 Å². The number of ether oxygens (including phenoxy) is 1. The first-order chi connectivity index (χ1) is 8.79. The number of rotatable bonds is 4. The fraction of sp³-hybridized carbons (Fsp3) is 0.467. The molecule has 0 aliphatic rings. The van der Waals surface area contributed by atoms with Crippen molar-refractivity contribution in [1.29, 1.82) is 0 Å². The standard InChI is InChI=1S/C15H21NO3/c1-9-7-13(11(3)12(4)15(9)19-6)16(5)14(18)8-10(2)17/h7H,8H2,1-6H3. The number of methoxy groups -OCH3 is 1. The van der Waals surface area contributed by atoms with Gasteiger partial charge in [0.2, 0.25) is 5.91 Å². The predicted molar refractivity (Wildman–Crippen MR) is 75.9 cm³/mol. The number of aryl methyl sites for hydroxylation is 1. The maximum atomic E-state index is 12.0. The van der Waals surface area contributed by atoms with Crippen LogP contribution in [0, 0.1) is 20.8 Å². The molecule has 0 aromatic heterocycles. The highest BCUT2D eigenvalue weighted by Crippen LogP contribution is 2.33. The van der Waals surface area contributed by atoms with Crippen LogP contribution in [0.2, 0.25) is 0 Å². The Morgan fingerprint density at radius 1 is 1.21 bits per heavy atom. The summed E-state index contributed by atoms with van der Waals surface area (Å²) < 4.78 is 5.36. The summed E-state index contributed by atoms with van der Waals surface area (Å²) in [5, 5.41) is 0. The van der Waals surface area contributed by atoms with Gasteiger partial charge in [-0.05, 0) is 50.5 Å². The minimum Gasteiger partial charge on any atom is -0.496 e. The third-order valence-corrected chi connectivity index (χ3v) is 3.34. The zero-order valence-electron chi connectivity index (χ0n) is 12.5. The van der Waals surface area contributed by atoms with Gasteiger partial charge in [-0.2, -0.15) is 0 Å². The Morgan fingerprint density at radius 2 is 1.79 bits per heavy atom. The van der Waals surface area contributed by atoms with Gasteiger partial charge in [-0.25, -0.2) is 0 Å². The van der Waals surface area contributed by atoms with Crippen LogP contribution in [0.15, 0.2) is 6.07 Å². The Balaban J connectivity index is 3.21. The molecule has 0 atom stereocenters. The van der Waals surface area contributed by atoms with Crippen LogP contribution in [0.5, 0.6) is 5.75 Å². The minimum absolute atomic E-state index is 0.0694. The number of nitrogens with zero attached hydrogens (tertiary/aromatic N) is 1. The molecule has 0 bridgehead atoms. The average Bonchev–Trinajstić information content (AvgIpc) is 2.32.